The van der Waals surface area contributed by atoms with Gasteiger partial charge in [-0.2, -0.15) is 0 Å². The van der Waals surface area contributed by atoms with Gasteiger partial charge in [0, 0.05) is 5.92 Å². The maximum Gasteiger partial charge on any atom is 0.000207 e. The lowest BCUT2D eigenvalue weighted by Crippen LogP contribution is -2.27. The molecule has 5 rings (SSSR count). The van der Waals surface area contributed by atoms with Crippen LogP contribution in [0.5, 0.6) is 0 Å². The predicted molar refractivity (Wildman–Crippen MR) is 164 cm³/mol. The smallest absolute Gasteiger partial charge is 0.000207 e. The van der Waals surface area contributed by atoms with Gasteiger partial charge in [0.1, 0.15) is 0 Å². The van der Waals surface area contributed by atoms with Crippen molar-refractivity contribution in [3.63, 3.8) is 0 Å². The van der Waals surface area contributed by atoms with Crippen molar-refractivity contribution in [3.8, 4) is 0 Å². The van der Waals surface area contributed by atoms with Gasteiger partial charge in [-0.15, -0.1) is 0 Å². The molecule has 2 aliphatic carbocycles. The molecule has 38 heavy (non-hydrogen) atoms. The molecular formula is C38H43. The molecule has 0 aromatic heterocycles. The average Bonchev–Trinajstić information content (AvgIpc) is 3.38. The van der Waals surface area contributed by atoms with Crippen LogP contribution in [0.2, 0.25) is 0 Å². The SMILES string of the molecule is CC1C=C(C(C)(C)C)C=C1c1c2c(cc(C(C)(C)C)c1=Cc1ccccc1)=c1cc(C(C)(C)C)ccc1=[C]2. The second-order valence-corrected chi connectivity index (χ2v) is 14.3. The molecule has 0 spiro atoms. The molecule has 0 bridgehead atoms. The Hall–Kier alpha value is -3.12. The van der Waals surface area contributed by atoms with Gasteiger partial charge in [0.2, 0.25) is 0 Å². The van der Waals surface area contributed by atoms with Crippen LogP contribution in [0.1, 0.15) is 97.1 Å². The van der Waals surface area contributed by atoms with Crippen molar-refractivity contribution in [1.82, 2.24) is 0 Å². The van der Waals surface area contributed by atoms with Crippen LogP contribution in [-0.4, -0.2) is 0 Å². The van der Waals surface area contributed by atoms with E-state index in [1.54, 1.807) is 0 Å². The van der Waals surface area contributed by atoms with Crippen LogP contribution in [0.3, 0.4) is 0 Å². The van der Waals surface area contributed by atoms with E-state index in [9.17, 15) is 0 Å². The first-order chi connectivity index (χ1) is 17.6. The van der Waals surface area contributed by atoms with Crippen LogP contribution >= 0.6 is 0 Å². The summed E-state index contributed by atoms with van der Waals surface area (Å²) in [5, 5.41) is 5.19. The molecule has 0 saturated carbocycles. The third-order valence-corrected chi connectivity index (χ3v) is 8.11. The Labute approximate surface area is 229 Å². The monoisotopic (exact) mass is 499 g/mol. The Kier molecular flexibility index (Phi) is 6.26. The quantitative estimate of drug-likeness (QED) is 0.260. The summed E-state index contributed by atoms with van der Waals surface area (Å²) in [6.07, 6.45) is 11.2. The summed E-state index contributed by atoms with van der Waals surface area (Å²) in [6.45, 7) is 23.3. The number of allylic oxidation sites excluding steroid dienone is 4. The lowest BCUT2D eigenvalue weighted by molar-refractivity contribution is 0.516. The minimum atomic E-state index is -0.0164. The molecule has 0 heterocycles. The summed E-state index contributed by atoms with van der Waals surface area (Å²) < 4.78 is 0. The summed E-state index contributed by atoms with van der Waals surface area (Å²) in [4.78, 5) is 0. The third kappa shape index (κ3) is 4.75. The van der Waals surface area contributed by atoms with Crippen LogP contribution in [0.15, 0.2) is 72.3 Å². The maximum atomic E-state index is 3.90. The van der Waals surface area contributed by atoms with Crippen LogP contribution in [0, 0.1) is 21.8 Å². The van der Waals surface area contributed by atoms with Gasteiger partial charge in [0.05, 0.1) is 0 Å². The Morgan fingerprint density at radius 1 is 0.737 bits per heavy atom. The first kappa shape index (κ1) is 26.5. The van der Waals surface area contributed by atoms with E-state index >= 15 is 0 Å². The zero-order chi connectivity index (χ0) is 27.6. The summed E-state index contributed by atoms with van der Waals surface area (Å²) in [5.74, 6) is 0.349. The van der Waals surface area contributed by atoms with Crippen molar-refractivity contribution in [2.24, 2.45) is 11.3 Å². The molecule has 0 amide bonds. The summed E-state index contributed by atoms with van der Waals surface area (Å²) in [7, 11) is 0. The van der Waals surface area contributed by atoms with Gasteiger partial charge in [0.25, 0.3) is 0 Å². The van der Waals surface area contributed by atoms with Crippen molar-refractivity contribution in [2.45, 2.75) is 80.1 Å². The van der Waals surface area contributed by atoms with E-state index in [0.717, 1.165) is 0 Å². The topological polar surface area (TPSA) is 0 Å². The normalized spacial score (nSPS) is 17.6. The summed E-state index contributed by atoms with van der Waals surface area (Å²) >= 11 is 0. The molecule has 3 aromatic rings. The first-order valence-corrected chi connectivity index (χ1v) is 14.1. The van der Waals surface area contributed by atoms with Gasteiger partial charge in [-0.05, 0) is 100 Å². The highest BCUT2D eigenvalue weighted by molar-refractivity contribution is 5.83. The molecule has 195 valence electrons. The van der Waals surface area contributed by atoms with Crippen molar-refractivity contribution >= 4 is 17.7 Å². The van der Waals surface area contributed by atoms with E-state index in [-0.39, 0.29) is 16.2 Å². The molecular weight excluding hydrogens is 456 g/mol. The van der Waals surface area contributed by atoms with E-state index in [1.807, 2.05) is 0 Å². The molecule has 0 saturated heterocycles. The number of benzene rings is 3. The minimum absolute atomic E-state index is 0.0164. The number of rotatable bonds is 2. The van der Waals surface area contributed by atoms with Crippen molar-refractivity contribution in [1.29, 1.82) is 0 Å². The Morgan fingerprint density at radius 2 is 1.42 bits per heavy atom. The van der Waals surface area contributed by atoms with Crippen LogP contribution < -0.4 is 10.4 Å². The average molecular weight is 500 g/mol. The highest BCUT2D eigenvalue weighted by atomic mass is 14.3. The van der Waals surface area contributed by atoms with Crippen LogP contribution in [-0.2, 0) is 10.8 Å². The van der Waals surface area contributed by atoms with Crippen LogP contribution in [0.25, 0.3) is 17.7 Å². The lowest BCUT2D eigenvalue weighted by atomic mass is 9.79. The van der Waals surface area contributed by atoms with E-state index in [4.69, 9.17) is 0 Å². The molecule has 1 radical (unpaired) electrons. The number of fused-ring (bicyclic) bond motifs is 2. The largest absolute Gasteiger partial charge is 0.0735 e. The summed E-state index contributed by atoms with van der Waals surface area (Å²) in [6, 6.07) is 20.2. The van der Waals surface area contributed by atoms with Gasteiger partial charge in [-0.3, -0.25) is 0 Å². The fourth-order valence-electron chi connectivity index (χ4n) is 5.78. The Balaban J connectivity index is 1.97. The fraction of sp³-hybridized carbons (Fsp3) is 0.368. The van der Waals surface area contributed by atoms with E-state index in [0.29, 0.717) is 5.92 Å². The van der Waals surface area contributed by atoms with Gasteiger partial charge < -0.3 is 0 Å². The van der Waals surface area contributed by atoms with Gasteiger partial charge in [0.15, 0.2) is 0 Å². The molecule has 0 fully saturated rings. The highest BCUT2D eigenvalue weighted by Crippen LogP contribution is 2.41. The Morgan fingerprint density at radius 3 is 2.00 bits per heavy atom. The predicted octanol–water partition coefficient (Wildman–Crippen LogP) is 8.42. The van der Waals surface area contributed by atoms with E-state index < -0.39 is 0 Å². The third-order valence-electron chi connectivity index (χ3n) is 8.11. The van der Waals surface area contributed by atoms with Gasteiger partial charge in [-0.25, -0.2) is 0 Å². The van der Waals surface area contributed by atoms with E-state index in [2.05, 4.69) is 148 Å². The maximum absolute atomic E-state index is 3.90. The Bertz CT molecular complexity index is 1690. The molecule has 3 aromatic carbocycles. The van der Waals surface area contributed by atoms with Crippen molar-refractivity contribution in [3.05, 3.63) is 121 Å². The van der Waals surface area contributed by atoms with E-state index in [1.165, 1.54) is 59.8 Å². The molecule has 0 N–H and O–H groups in total. The minimum Gasteiger partial charge on any atom is -0.0735 e. The van der Waals surface area contributed by atoms with Crippen molar-refractivity contribution in [2.75, 3.05) is 0 Å². The number of hydrogen-bond donors (Lipinski definition) is 0. The second-order valence-electron chi connectivity index (χ2n) is 14.3. The number of hydrogen-bond acceptors (Lipinski definition) is 0. The first-order valence-electron chi connectivity index (χ1n) is 14.1. The zero-order valence-electron chi connectivity index (χ0n) is 25.0. The standard InChI is InChI=1S/C38H43/c1-24-18-28(37(5,6)7)22-29(24)35-32-20-26-16-17-27(36(2,3)4)21-30(26)31(32)23-34(38(8,9)10)33(35)19-25-14-12-11-13-15-25/h11-19,21-24H,1-10H3. The van der Waals surface area contributed by atoms with Crippen molar-refractivity contribution < 1.29 is 0 Å². The highest BCUT2D eigenvalue weighted by Gasteiger charge is 2.29. The summed E-state index contributed by atoms with van der Waals surface area (Å²) in [5.41, 5.74) is 9.64. The van der Waals surface area contributed by atoms with Gasteiger partial charge >= 0.3 is 0 Å². The molecule has 0 nitrogen and oxygen atoms in total. The van der Waals surface area contributed by atoms with Gasteiger partial charge in [-0.1, -0.05) is 124 Å². The molecule has 0 heteroatoms. The second kappa shape index (κ2) is 8.98. The van der Waals surface area contributed by atoms with Crippen LogP contribution in [0.4, 0.5) is 0 Å². The molecule has 1 atom stereocenters. The lowest BCUT2D eigenvalue weighted by Gasteiger charge is -2.24. The molecule has 0 aliphatic heterocycles. The molecule has 2 aliphatic rings. The zero-order valence-corrected chi connectivity index (χ0v) is 25.0. The molecule has 1 unspecified atom stereocenters. The fourth-order valence-corrected chi connectivity index (χ4v) is 5.78.